The molecule has 5 heteroatoms. The van der Waals surface area contributed by atoms with Crippen LogP contribution in [0.1, 0.15) is 22.5 Å². The van der Waals surface area contributed by atoms with E-state index in [4.69, 9.17) is 9.47 Å². The van der Waals surface area contributed by atoms with Crippen molar-refractivity contribution in [3.05, 3.63) is 15.6 Å². The third-order valence-electron chi connectivity index (χ3n) is 1.87. The minimum atomic E-state index is 0.569. The van der Waals surface area contributed by atoms with E-state index in [1.54, 1.807) is 18.4 Å². The molecule has 0 radical (unpaired) electrons. The van der Waals surface area contributed by atoms with Crippen molar-refractivity contribution in [2.24, 2.45) is 0 Å². The van der Waals surface area contributed by atoms with Crippen LogP contribution in [0.3, 0.4) is 0 Å². The Morgan fingerprint density at radius 3 is 2.80 bits per heavy atom. The number of hydrogen-bond acceptors (Lipinski definition) is 5. The van der Waals surface area contributed by atoms with Crippen molar-refractivity contribution >= 4 is 11.3 Å². The zero-order chi connectivity index (χ0) is 11.1. The second kappa shape index (κ2) is 6.90. The van der Waals surface area contributed by atoms with Crippen molar-refractivity contribution in [3.8, 4) is 0 Å². The Labute approximate surface area is 94.6 Å². The van der Waals surface area contributed by atoms with Crippen LogP contribution in [0.15, 0.2) is 0 Å². The van der Waals surface area contributed by atoms with E-state index in [1.165, 1.54) is 4.88 Å². The summed E-state index contributed by atoms with van der Waals surface area (Å²) in [6.07, 6.45) is 0. The highest BCUT2D eigenvalue weighted by atomic mass is 32.1. The van der Waals surface area contributed by atoms with Crippen molar-refractivity contribution in [2.45, 2.75) is 26.7 Å². The second-order valence-corrected chi connectivity index (χ2v) is 4.25. The van der Waals surface area contributed by atoms with E-state index >= 15 is 0 Å². The van der Waals surface area contributed by atoms with Gasteiger partial charge in [0.2, 0.25) is 0 Å². The van der Waals surface area contributed by atoms with Crippen LogP contribution in [-0.2, 0) is 29.2 Å². The van der Waals surface area contributed by atoms with Gasteiger partial charge in [-0.05, 0) is 14.0 Å². The smallest absolute Gasteiger partial charge is 0.119 e. The molecule has 0 aliphatic heterocycles. The molecule has 15 heavy (non-hydrogen) atoms. The fraction of sp³-hybridized carbons (Fsp3) is 0.700. The van der Waals surface area contributed by atoms with E-state index in [-0.39, 0.29) is 0 Å². The van der Waals surface area contributed by atoms with Gasteiger partial charge in [0.15, 0.2) is 0 Å². The van der Waals surface area contributed by atoms with Gasteiger partial charge in [0.1, 0.15) is 5.01 Å². The predicted octanol–water partition coefficient (Wildman–Crippen LogP) is 1.55. The lowest BCUT2D eigenvalue weighted by atomic mass is 10.4. The molecular formula is C10H18N2O2S. The van der Waals surface area contributed by atoms with E-state index in [1.807, 2.05) is 14.0 Å². The van der Waals surface area contributed by atoms with Gasteiger partial charge in [0.05, 0.1) is 18.9 Å². The fourth-order valence-electron chi connectivity index (χ4n) is 1.24. The molecule has 1 aromatic rings. The van der Waals surface area contributed by atoms with Crippen LogP contribution in [0.2, 0.25) is 0 Å². The lowest BCUT2D eigenvalue weighted by Crippen LogP contribution is -2.06. The average molecular weight is 230 g/mol. The lowest BCUT2D eigenvalue weighted by Gasteiger charge is -1.98. The molecule has 0 aliphatic rings. The summed E-state index contributed by atoms with van der Waals surface area (Å²) >= 11 is 1.69. The summed E-state index contributed by atoms with van der Waals surface area (Å²) < 4.78 is 10.4. The van der Waals surface area contributed by atoms with Crippen LogP contribution < -0.4 is 5.32 Å². The predicted molar refractivity (Wildman–Crippen MR) is 60.9 cm³/mol. The Bertz CT molecular complexity index is 265. The van der Waals surface area contributed by atoms with Gasteiger partial charge in [-0.25, -0.2) is 4.98 Å². The van der Waals surface area contributed by atoms with Gasteiger partial charge in [0.25, 0.3) is 0 Å². The van der Waals surface area contributed by atoms with Crippen LogP contribution in [0.5, 0.6) is 0 Å². The molecule has 0 bridgehead atoms. The summed E-state index contributed by atoms with van der Waals surface area (Å²) in [6.45, 7) is 4.71. The maximum absolute atomic E-state index is 5.33. The maximum atomic E-state index is 5.33. The third kappa shape index (κ3) is 3.87. The molecule has 1 heterocycles. The average Bonchev–Trinajstić information content (AvgIpc) is 2.59. The van der Waals surface area contributed by atoms with Crippen molar-refractivity contribution in [2.75, 3.05) is 20.8 Å². The highest BCUT2D eigenvalue weighted by molar-refractivity contribution is 7.11. The topological polar surface area (TPSA) is 43.4 Å². The first-order chi connectivity index (χ1) is 7.31. The number of nitrogens with one attached hydrogen (secondary N) is 1. The Balaban J connectivity index is 2.68. The molecule has 0 aliphatic carbocycles. The van der Waals surface area contributed by atoms with Crippen LogP contribution in [-0.4, -0.2) is 25.7 Å². The number of thiazole rings is 1. The normalized spacial score (nSPS) is 10.9. The van der Waals surface area contributed by atoms with E-state index in [2.05, 4.69) is 10.3 Å². The molecule has 0 amide bonds. The van der Waals surface area contributed by atoms with Gasteiger partial charge >= 0.3 is 0 Å². The Morgan fingerprint density at radius 2 is 2.20 bits per heavy atom. The summed E-state index contributed by atoms with van der Waals surface area (Å²) in [5.41, 5.74) is 1.02. The summed E-state index contributed by atoms with van der Waals surface area (Å²) in [5, 5.41) is 4.15. The van der Waals surface area contributed by atoms with Crippen molar-refractivity contribution in [3.63, 3.8) is 0 Å². The Morgan fingerprint density at radius 1 is 1.40 bits per heavy atom. The summed E-state index contributed by atoms with van der Waals surface area (Å²) in [4.78, 5) is 5.72. The van der Waals surface area contributed by atoms with Gasteiger partial charge in [-0.2, -0.15) is 0 Å². The molecule has 86 valence electrons. The van der Waals surface area contributed by atoms with Crippen LogP contribution >= 0.6 is 11.3 Å². The Hall–Kier alpha value is -0.490. The number of ether oxygens (including phenoxy) is 2. The summed E-state index contributed by atoms with van der Waals surface area (Å²) in [7, 11) is 3.61. The van der Waals surface area contributed by atoms with E-state index in [0.717, 1.165) is 23.9 Å². The van der Waals surface area contributed by atoms with Gasteiger partial charge in [-0.15, -0.1) is 11.3 Å². The largest absolute Gasteiger partial charge is 0.378 e. The first-order valence-corrected chi connectivity index (χ1v) is 5.82. The first kappa shape index (κ1) is 12.6. The highest BCUT2D eigenvalue weighted by Crippen LogP contribution is 2.20. The molecule has 0 saturated carbocycles. The lowest BCUT2D eigenvalue weighted by molar-refractivity contribution is 0.133. The molecule has 0 unspecified atom stereocenters. The molecule has 1 N–H and O–H groups in total. The molecule has 0 atom stereocenters. The minimum Gasteiger partial charge on any atom is -0.378 e. The van der Waals surface area contributed by atoms with Crippen molar-refractivity contribution < 1.29 is 9.47 Å². The van der Waals surface area contributed by atoms with Crippen LogP contribution in [0, 0.1) is 0 Å². The second-order valence-electron chi connectivity index (χ2n) is 3.08. The van der Waals surface area contributed by atoms with E-state index in [0.29, 0.717) is 13.2 Å². The van der Waals surface area contributed by atoms with Crippen LogP contribution in [0.4, 0.5) is 0 Å². The molecule has 1 aromatic heterocycles. The highest BCUT2D eigenvalue weighted by Gasteiger charge is 2.10. The van der Waals surface area contributed by atoms with Gasteiger partial charge in [-0.3, -0.25) is 0 Å². The SMILES string of the molecule is CCOCc1nc(COC)c(CNC)s1. The number of hydrogen-bond donors (Lipinski definition) is 1. The zero-order valence-electron chi connectivity index (χ0n) is 9.50. The third-order valence-corrected chi connectivity index (χ3v) is 2.94. The van der Waals surface area contributed by atoms with Gasteiger partial charge < -0.3 is 14.8 Å². The molecule has 1 rings (SSSR count). The van der Waals surface area contributed by atoms with E-state index < -0.39 is 0 Å². The minimum absolute atomic E-state index is 0.569. The molecule has 0 aromatic carbocycles. The molecule has 4 nitrogen and oxygen atoms in total. The fourth-order valence-corrected chi connectivity index (χ4v) is 2.26. The number of methoxy groups -OCH3 is 1. The number of rotatable bonds is 7. The zero-order valence-corrected chi connectivity index (χ0v) is 10.3. The molecule has 0 spiro atoms. The summed E-state index contributed by atoms with van der Waals surface area (Å²) in [6, 6.07) is 0. The quantitative estimate of drug-likeness (QED) is 0.771. The number of aromatic nitrogens is 1. The monoisotopic (exact) mass is 230 g/mol. The van der Waals surface area contributed by atoms with Gasteiger partial charge in [0, 0.05) is 25.1 Å². The molecule has 0 fully saturated rings. The Kier molecular flexibility index (Phi) is 5.78. The standard InChI is InChI=1S/C10H18N2O2S/c1-4-14-7-10-12-8(6-13-3)9(15-10)5-11-2/h11H,4-7H2,1-3H3. The molecular weight excluding hydrogens is 212 g/mol. The maximum Gasteiger partial charge on any atom is 0.119 e. The first-order valence-electron chi connectivity index (χ1n) is 5.00. The van der Waals surface area contributed by atoms with E-state index in [9.17, 15) is 0 Å². The summed E-state index contributed by atoms with van der Waals surface area (Å²) in [5.74, 6) is 0. The van der Waals surface area contributed by atoms with Crippen LogP contribution in [0.25, 0.3) is 0 Å². The molecule has 0 saturated heterocycles. The van der Waals surface area contributed by atoms with Crippen molar-refractivity contribution in [1.29, 1.82) is 0 Å². The number of nitrogens with zero attached hydrogens (tertiary/aromatic N) is 1. The van der Waals surface area contributed by atoms with Gasteiger partial charge in [-0.1, -0.05) is 0 Å². The van der Waals surface area contributed by atoms with Crippen molar-refractivity contribution in [1.82, 2.24) is 10.3 Å².